The number of hydrogen-bond donors (Lipinski definition) is 1. The van der Waals surface area contributed by atoms with Gasteiger partial charge in [0, 0.05) is 18.5 Å². The highest BCUT2D eigenvalue weighted by atomic mass is 16.5. The molecule has 0 aliphatic carbocycles. The quantitative estimate of drug-likeness (QED) is 0.356. The average Bonchev–Trinajstić information content (AvgIpc) is 3.34. The Morgan fingerprint density at radius 2 is 1.70 bits per heavy atom. The first-order valence-corrected chi connectivity index (χ1v) is 11.2. The Labute approximate surface area is 192 Å². The average molecular weight is 440 g/mol. The van der Waals surface area contributed by atoms with Gasteiger partial charge in [0.05, 0.1) is 11.6 Å². The minimum atomic E-state index is -0.653. The molecule has 166 valence electrons. The topological polar surface area (TPSA) is 66.8 Å². The van der Waals surface area contributed by atoms with Crippen LogP contribution in [0, 0.1) is 0 Å². The summed E-state index contributed by atoms with van der Waals surface area (Å²) < 4.78 is 5.76. The number of fused-ring (bicyclic) bond motifs is 1. The zero-order chi connectivity index (χ0) is 22.9. The predicted octanol–water partition coefficient (Wildman–Crippen LogP) is 4.67. The van der Waals surface area contributed by atoms with Crippen LogP contribution in [0.1, 0.15) is 35.2 Å². The van der Waals surface area contributed by atoms with E-state index in [-0.39, 0.29) is 17.4 Å². The Morgan fingerprint density at radius 1 is 1.00 bits per heavy atom. The highest BCUT2D eigenvalue weighted by molar-refractivity contribution is 6.46. The van der Waals surface area contributed by atoms with Crippen LogP contribution in [0.4, 0.5) is 0 Å². The number of ether oxygens (including phenoxy) is 1. The maximum atomic E-state index is 13.2. The number of hydrogen-bond acceptors (Lipinski definition) is 4. The number of nitrogens with zero attached hydrogens (tertiary/aromatic N) is 1. The van der Waals surface area contributed by atoms with E-state index in [9.17, 15) is 14.7 Å². The van der Waals surface area contributed by atoms with E-state index in [2.05, 4.69) is 0 Å². The molecule has 1 saturated heterocycles. The Balaban J connectivity index is 1.56. The predicted molar refractivity (Wildman–Crippen MR) is 126 cm³/mol. The molecule has 2 heterocycles. The number of carbonyl (C=O) groups excluding carboxylic acids is 2. The van der Waals surface area contributed by atoms with E-state index >= 15 is 0 Å². The number of rotatable bonds is 5. The fourth-order valence-corrected chi connectivity index (χ4v) is 4.71. The maximum Gasteiger partial charge on any atom is 0.295 e. The molecule has 5 nitrogen and oxygen atoms in total. The van der Waals surface area contributed by atoms with Crippen LogP contribution in [0.3, 0.4) is 0 Å². The third-order valence-electron chi connectivity index (χ3n) is 6.31. The Kier molecular flexibility index (Phi) is 5.47. The molecule has 2 atom stereocenters. The second-order valence-electron chi connectivity index (χ2n) is 8.59. The first-order chi connectivity index (χ1) is 16.0. The first kappa shape index (κ1) is 21.0. The van der Waals surface area contributed by atoms with Gasteiger partial charge in [-0.3, -0.25) is 9.59 Å². The molecule has 0 bridgehead atoms. The number of Topliss-reactive ketones (excluding diaryl/α,β-unsaturated/α-hetero) is 1. The van der Waals surface area contributed by atoms with Crippen molar-refractivity contribution in [2.75, 3.05) is 6.54 Å². The second kappa shape index (κ2) is 8.58. The number of aliphatic hydroxyl groups is 1. The van der Waals surface area contributed by atoms with Crippen molar-refractivity contribution < 1.29 is 19.4 Å². The normalized spacial score (nSPS) is 21.2. The molecular weight excluding hydrogens is 414 g/mol. The van der Waals surface area contributed by atoms with Crippen LogP contribution < -0.4 is 4.74 Å². The Bertz CT molecular complexity index is 1230. The lowest BCUT2D eigenvalue weighted by Gasteiger charge is -2.25. The molecule has 1 N–H and O–H groups in total. The molecule has 0 unspecified atom stereocenters. The maximum absolute atomic E-state index is 13.2. The van der Waals surface area contributed by atoms with Gasteiger partial charge in [-0.25, -0.2) is 0 Å². The van der Waals surface area contributed by atoms with Gasteiger partial charge in [0.2, 0.25) is 0 Å². The molecule has 0 aromatic heterocycles. The summed E-state index contributed by atoms with van der Waals surface area (Å²) >= 11 is 0. The van der Waals surface area contributed by atoms with Gasteiger partial charge in [-0.1, -0.05) is 60.7 Å². The lowest BCUT2D eigenvalue weighted by molar-refractivity contribution is -0.139. The van der Waals surface area contributed by atoms with Gasteiger partial charge < -0.3 is 14.7 Å². The number of ketones is 1. The fraction of sp³-hybridized carbons (Fsp3) is 0.214. The summed E-state index contributed by atoms with van der Waals surface area (Å²) in [6.07, 6.45) is 1.43. The van der Waals surface area contributed by atoms with Crippen LogP contribution in [-0.2, 0) is 22.4 Å². The smallest absolute Gasteiger partial charge is 0.295 e. The SMILES string of the molecule is C[C@@H]1Cc2cc(/C(O)=C3\C(=O)C(=O)N(CCc4ccccc4)[C@H]3c3ccccc3)ccc2O1. The van der Waals surface area contributed by atoms with Crippen molar-refractivity contribution in [3.8, 4) is 5.75 Å². The van der Waals surface area contributed by atoms with E-state index < -0.39 is 17.7 Å². The lowest BCUT2D eigenvalue weighted by atomic mass is 9.94. The Morgan fingerprint density at radius 3 is 2.42 bits per heavy atom. The highest BCUT2D eigenvalue weighted by Gasteiger charge is 2.45. The monoisotopic (exact) mass is 439 g/mol. The minimum Gasteiger partial charge on any atom is -0.507 e. The van der Waals surface area contributed by atoms with E-state index in [0.29, 0.717) is 18.5 Å². The van der Waals surface area contributed by atoms with E-state index in [4.69, 9.17) is 4.74 Å². The molecular formula is C28H25NO4. The molecule has 0 radical (unpaired) electrons. The third-order valence-corrected chi connectivity index (χ3v) is 6.31. The van der Waals surface area contributed by atoms with Crippen LogP contribution in [0.25, 0.3) is 5.76 Å². The number of carbonyl (C=O) groups is 2. The number of aliphatic hydroxyl groups excluding tert-OH is 1. The van der Waals surface area contributed by atoms with Crippen LogP contribution >= 0.6 is 0 Å². The molecule has 1 amide bonds. The van der Waals surface area contributed by atoms with Gasteiger partial charge in [-0.2, -0.15) is 0 Å². The van der Waals surface area contributed by atoms with Crippen molar-refractivity contribution in [2.45, 2.75) is 31.9 Å². The number of benzene rings is 3. The molecule has 5 rings (SSSR count). The van der Waals surface area contributed by atoms with Gasteiger partial charge in [0.25, 0.3) is 11.7 Å². The van der Waals surface area contributed by atoms with Crippen molar-refractivity contribution in [3.05, 3.63) is 107 Å². The van der Waals surface area contributed by atoms with Crippen molar-refractivity contribution >= 4 is 17.4 Å². The van der Waals surface area contributed by atoms with Gasteiger partial charge in [-0.15, -0.1) is 0 Å². The molecule has 3 aromatic carbocycles. The van der Waals surface area contributed by atoms with Crippen molar-refractivity contribution in [3.63, 3.8) is 0 Å². The fourth-order valence-electron chi connectivity index (χ4n) is 4.71. The summed E-state index contributed by atoms with van der Waals surface area (Å²) in [5, 5.41) is 11.3. The van der Waals surface area contributed by atoms with Crippen LogP contribution in [0.15, 0.2) is 84.4 Å². The van der Waals surface area contributed by atoms with E-state index in [1.807, 2.05) is 79.7 Å². The van der Waals surface area contributed by atoms with Crippen molar-refractivity contribution in [2.24, 2.45) is 0 Å². The van der Waals surface area contributed by atoms with Gasteiger partial charge in [-0.05, 0) is 48.2 Å². The van der Waals surface area contributed by atoms with Crippen molar-refractivity contribution in [1.29, 1.82) is 0 Å². The number of amides is 1. The number of likely N-dealkylation sites (tertiary alicyclic amines) is 1. The molecule has 5 heteroatoms. The zero-order valence-electron chi connectivity index (χ0n) is 18.4. The molecule has 3 aromatic rings. The van der Waals surface area contributed by atoms with E-state index in [0.717, 1.165) is 28.9 Å². The van der Waals surface area contributed by atoms with Crippen molar-refractivity contribution in [1.82, 2.24) is 4.90 Å². The van der Waals surface area contributed by atoms with Gasteiger partial charge in [0.15, 0.2) is 0 Å². The van der Waals surface area contributed by atoms with E-state index in [1.165, 1.54) is 0 Å². The van der Waals surface area contributed by atoms with Crippen LogP contribution in [-0.4, -0.2) is 34.3 Å². The highest BCUT2D eigenvalue weighted by Crippen LogP contribution is 2.40. The molecule has 0 saturated carbocycles. The van der Waals surface area contributed by atoms with Gasteiger partial charge >= 0.3 is 0 Å². The molecule has 1 fully saturated rings. The molecule has 2 aliphatic heterocycles. The Hall–Kier alpha value is -3.86. The minimum absolute atomic E-state index is 0.0743. The molecule has 2 aliphatic rings. The molecule has 0 spiro atoms. The van der Waals surface area contributed by atoms with E-state index in [1.54, 1.807) is 11.0 Å². The summed E-state index contributed by atoms with van der Waals surface area (Å²) in [6.45, 7) is 2.37. The summed E-state index contributed by atoms with van der Waals surface area (Å²) in [7, 11) is 0. The first-order valence-electron chi connectivity index (χ1n) is 11.2. The summed E-state index contributed by atoms with van der Waals surface area (Å²) in [5.74, 6) is -0.590. The van der Waals surface area contributed by atoms with Crippen LogP contribution in [0.2, 0.25) is 0 Å². The summed E-state index contributed by atoms with van der Waals surface area (Å²) in [6, 6.07) is 24.0. The standard InChI is InChI=1S/C28H25NO4/c1-18-16-22-17-21(12-13-23(22)33-18)26(30)24-25(20-10-6-3-7-11-20)29(28(32)27(24)31)15-14-19-8-4-2-5-9-19/h2-13,17-18,25,30H,14-16H2,1H3/b26-24+/t18-,25+/m1/s1. The lowest BCUT2D eigenvalue weighted by Crippen LogP contribution is -2.31. The third kappa shape index (κ3) is 3.91. The summed E-state index contributed by atoms with van der Waals surface area (Å²) in [5.41, 5.74) is 3.52. The molecule has 33 heavy (non-hydrogen) atoms. The second-order valence-corrected chi connectivity index (χ2v) is 8.59. The largest absolute Gasteiger partial charge is 0.507 e. The van der Waals surface area contributed by atoms with Gasteiger partial charge in [0.1, 0.15) is 17.6 Å². The van der Waals surface area contributed by atoms with Crippen LogP contribution in [0.5, 0.6) is 5.75 Å². The summed E-state index contributed by atoms with van der Waals surface area (Å²) in [4.78, 5) is 27.9. The zero-order valence-corrected chi connectivity index (χ0v) is 18.4.